The van der Waals surface area contributed by atoms with Gasteiger partial charge in [0.25, 0.3) is 0 Å². The summed E-state index contributed by atoms with van der Waals surface area (Å²) < 4.78 is 16.7. The number of fused-ring (bicyclic) bond motifs is 1. The Morgan fingerprint density at radius 1 is 0.950 bits per heavy atom. The fraction of sp³-hybridized carbons (Fsp3) is 0.300. The summed E-state index contributed by atoms with van der Waals surface area (Å²) in [5.41, 5.74) is 3.64. The van der Waals surface area contributed by atoms with Gasteiger partial charge in [-0.25, -0.2) is 0 Å². The third-order valence-electron chi connectivity index (χ3n) is 7.17. The summed E-state index contributed by atoms with van der Waals surface area (Å²) in [4.78, 5) is 25.1. The van der Waals surface area contributed by atoms with Crippen molar-refractivity contribution in [3.05, 3.63) is 87.1 Å². The van der Waals surface area contributed by atoms with Gasteiger partial charge in [0.15, 0.2) is 23.0 Å². The van der Waals surface area contributed by atoms with Crippen LogP contribution in [-0.2, 0) is 4.79 Å². The molecule has 0 fully saturated rings. The van der Waals surface area contributed by atoms with E-state index in [2.05, 4.69) is 10.6 Å². The topological polar surface area (TPSA) is 132 Å². The number of nitrogens with one attached hydrogen (secondary N) is 2. The quantitative estimate of drug-likeness (QED) is 0.227. The lowest BCUT2D eigenvalue weighted by atomic mass is 9.78. The minimum atomic E-state index is -0.715. The molecule has 1 aliphatic heterocycles. The van der Waals surface area contributed by atoms with Gasteiger partial charge in [-0.05, 0) is 67.6 Å². The van der Waals surface area contributed by atoms with Crippen molar-refractivity contribution in [1.29, 1.82) is 0 Å². The van der Waals surface area contributed by atoms with Crippen LogP contribution >= 0.6 is 0 Å². The number of aromatic hydroxyl groups is 1. The average molecular weight is 546 g/mol. The van der Waals surface area contributed by atoms with Gasteiger partial charge in [0.2, 0.25) is 5.75 Å². The molecule has 0 bridgehead atoms. The monoisotopic (exact) mass is 545 g/mol. The number of ketones is 1. The minimum Gasteiger partial charge on any atom is -0.500 e. The van der Waals surface area contributed by atoms with Crippen LogP contribution in [0.2, 0.25) is 0 Å². The maximum Gasteiger partial charge on any atom is 0.315 e. The molecule has 1 heterocycles. The van der Waals surface area contributed by atoms with E-state index >= 15 is 0 Å². The van der Waals surface area contributed by atoms with Crippen molar-refractivity contribution in [2.75, 3.05) is 31.0 Å². The number of nitro benzene ring substituents is 1. The highest BCUT2D eigenvalue weighted by Crippen LogP contribution is 2.47. The molecule has 0 unspecified atom stereocenters. The SMILES string of the molecule is CCOc1ccc([C@H]2CC(=O)C3=C(C2)Nc2ccccc2N[C@@H]3c2cc(OCC)c(O)c([N+](=O)[O-])c2)cc1OC. The summed E-state index contributed by atoms with van der Waals surface area (Å²) >= 11 is 0. The number of hydrogen-bond acceptors (Lipinski definition) is 9. The molecule has 0 saturated carbocycles. The molecular formula is C30H31N3O7. The number of para-hydroxylation sites is 2. The number of Topliss-reactive ketones (excluding diaryl/α,β-unsaturated/α-hetero) is 1. The molecule has 5 rings (SSSR count). The molecule has 1 aliphatic carbocycles. The highest BCUT2D eigenvalue weighted by molar-refractivity contribution is 6.01. The Morgan fingerprint density at radius 2 is 1.65 bits per heavy atom. The Hall–Kier alpha value is -4.73. The molecule has 2 atom stereocenters. The van der Waals surface area contributed by atoms with Gasteiger partial charge in [-0.3, -0.25) is 14.9 Å². The van der Waals surface area contributed by atoms with Gasteiger partial charge in [0, 0.05) is 23.8 Å². The number of hydrogen-bond donors (Lipinski definition) is 3. The molecule has 0 aromatic heterocycles. The summed E-state index contributed by atoms with van der Waals surface area (Å²) in [7, 11) is 1.59. The van der Waals surface area contributed by atoms with Crippen LogP contribution in [0, 0.1) is 10.1 Å². The van der Waals surface area contributed by atoms with Gasteiger partial charge in [0.1, 0.15) is 0 Å². The van der Waals surface area contributed by atoms with Crippen molar-refractivity contribution >= 4 is 22.8 Å². The Balaban J connectivity index is 1.62. The van der Waals surface area contributed by atoms with Gasteiger partial charge < -0.3 is 30.0 Å². The first kappa shape index (κ1) is 26.9. The first-order valence-electron chi connectivity index (χ1n) is 13.2. The number of anilines is 2. The largest absolute Gasteiger partial charge is 0.500 e. The zero-order valence-corrected chi connectivity index (χ0v) is 22.5. The van der Waals surface area contributed by atoms with E-state index in [0.29, 0.717) is 35.7 Å². The van der Waals surface area contributed by atoms with Crippen LogP contribution in [0.25, 0.3) is 0 Å². The third kappa shape index (κ3) is 5.00. The summed E-state index contributed by atoms with van der Waals surface area (Å²) in [5.74, 6) is 0.471. The lowest BCUT2D eigenvalue weighted by molar-refractivity contribution is -0.386. The van der Waals surface area contributed by atoms with Gasteiger partial charge in [-0.1, -0.05) is 18.2 Å². The van der Waals surface area contributed by atoms with E-state index in [4.69, 9.17) is 14.2 Å². The lowest BCUT2D eigenvalue weighted by Gasteiger charge is -2.30. The first-order valence-corrected chi connectivity index (χ1v) is 13.2. The lowest BCUT2D eigenvalue weighted by Crippen LogP contribution is -2.27. The van der Waals surface area contributed by atoms with E-state index in [1.807, 2.05) is 49.4 Å². The van der Waals surface area contributed by atoms with E-state index in [0.717, 1.165) is 22.6 Å². The predicted octanol–water partition coefficient (Wildman–Crippen LogP) is 6.09. The number of phenols is 1. The zero-order chi connectivity index (χ0) is 28.4. The first-order chi connectivity index (χ1) is 19.3. The number of nitrogens with zero attached hydrogens (tertiary/aromatic N) is 1. The maximum absolute atomic E-state index is 13.9. The standard InChI is InChI=1S/C30H31N3O7/c1-4-39-25-11-10-17(15-26(25)38-3)18-12-22-28(24(34)14-18)29(32-21-9-7-6-8-20(21)31-22)19-13-23(33(36)37)30(35)27(16-19)40-5-2/h6-11,13,15-16,18,29,31-32,35H,4-5,12,14H2,1-3H3/t18-,29-/m1/s1. The van der Waals surface area contributed by atoms with Crippen molar-refractivity contribution in [3.63, 3.8) is 0 Å². The number of nitro groups is 1. The molecule has 3 aromatic carbocycles. The van der Waals surface area contributed by atoms with Crippen molar-refractivity contribution in [2.45, 2.75) is 38.6 Å². The Morgan fingerprint density at radius 3 is 2.35 bits per heavy atom. The van der Waals surface area contributed by atoms with E-state index in [1.54, 1.807) is 20.1 Å². The molecule has 0 amide bonds. The van der Waals surface area contributed by atoms with Crippen molar-refractivity contribution in [3.8, 4) is 23.0 Å². The number of rotatable bonds is 8. The molecule has 3 N–H and O–H groups in total. The van der Waals surface area contributed by atoms with Crippen molar-refractivity contribution in [2.24, 2.45) is 0 Å². The molecule has 208 valence electrons. The van der Waals surface area contributed by atoms with Crippen LogP contribution in [0.3, 0.4) is 0 Å². The van der Waals surface area contributed by atoms with Crippen LogP contribution in [0.4, 0.5) is 17.1 Å². The van der Waals surface area contributed by atoms with Crippen molar-refractivity contribution in [1.82, 2.24) is 0 Å². The second-order valence-electron chi connectivity index (χ2n) is 9.59. The number of allylic oxidation sites excluding steroid dienone is 1. The van der Waals surface area contributed by atoms with Crippen molar-refractivity contribution < 1.29 is 29.0 Å². The number of carbonyl (C=O) groups is 1. The number of methoxy groups -OCH3 is 1. The molecule has 0 radical (unpaired) electrons. The van der Waals surface area contributed by atoms with Crippen LogP contribution in [0.15, 0.2) is 65.9 Å². The molecule has 0 spiro atoms. The van der Waals surface area contributed by atoms with E-state index in [1.165, 1.54) is 6.07 Å². The summed E-state index contributed by atoms with van der Waals surface area (Å²) in [6.45, 7) is 4.34. The second-order valence-corrected chi connectivity index (χ2v) is 9.59. The number of benzene rings is 3. The van der Waals surface area contributed by atoms with E-state index in [9.17, 15) is 20.0 Å². The van der Waals surface area contributed by atoms with Gasteiger partial charge in [-0.2, -0.15) is 0 Å². The van der Waals surface area contributed by atoms with Gasteiger partial charge in [0.05, 0.1) is 42.7 Å². The summed E-state index contributed by atoms with van der Waals surface area (Å²) in [6, 6.07) is 15.4. The zero-order valence-electron chi connectivity index (χ0n) is 22.5. The predicted molar refractivity (Wildman–Crippen MR) is 151 cm³/mol. The number of phenolic OH excluding ortho intramolecular Hbond substituents is 1. The second kappa shape index (κ2) is 11.2. The van der Waals surface area contributed by atoms with E-state index in [-0.39, 0.29) is 30.5 Å². The summed E-state index contributed by atoms with van der Waals surface area (Å²) in [5, 5.41) is 29.2. The number of carbonyl (C=O) groups excluding carboxylic acids is 1. The van der Waals surface area contributed by atoms with Gasteiger partial charge in [-0.15, -0.1) is 0 Å². The fourth-order valence-electron chi connectivity index (χ4n) is 5.38. The molecule has 2 aliphatic rings. The molecule has 40 heavy (non-hydrogen) atoms. The minimum absolute atomic E-state index is 0.0104. The third-order valence-corrected chi connectivity index (χ3v) is 7.17. The highest BCUT2D eigenvalue weighted by Gasteiger charge is 2.37. The van der Waals surface area contributed by atoms with Gasteiger partial charge >= 0.3 is 5.69 Å². The van der Waals surface area contributed by atoms with E-state index < -0.39 is 22.4 Å². The highest BCUT2D eigenvalue weighted by atomic mass is 16.6. The molecule has 3 aromatic rings. The molecular weight excluding hydrogens is 514 g/mol. The summed E-state index contributed by atoms with van der Waals surface area (Å²) in [6.07, 6.45) is 0.772. The normalized spacial score (nSPS) is 18.0. The Kier molecular flexibility index (Phi) is 7.50. The fourth-order valence-corrected chi connectivity index (χ4v) is 5.38. The van der Waals surface area contributed by atoms with Crippen LogP contribution in [0.5, 0.6) is 23.0 Å². The van der Waals surface area contributed by atoms with Crippen LogP contribution in [-0.4, -0.2) is 36.1 Å². The average Bonchev–Trinajstić information content (AvgIpc) is 3.11. The molecule has 0 saturated heterocycles. The maximum atomic E-state index is 13.9. The van der Waals surface area contributed by atoms with Crippen LogP contribution < -0.4 is 24.8 Å². The number of ether oxygens (including phenoxy) is 3. The smallest absolute Gasteiger partial charge is 0.315 e. The molecule has 10 heteroatoms. The Bertz CT molecular complexity index is 1500. The van der Waals surface area contributed by atoms with Crippen LogP contribution in [0.1, 0.15) is 49.8 Å². The molecule has 10 nitrogen and oxygen atoms in total. The Labute approximate surface area is 231 Å².